The number of carbonyl (C=O) groups excluding carboxylic acids is 1. The molecule has 1 aliphatic heterocycles. The summed E-state index contributed by atoms with van der Waals surface area (Å²) in [7, 11) is 0. The second-order valence-corrected chi connectivity index (χ2v) is 4.61. The van der Waals surface area contributed by atoms with E-state index in [0.717, 1.165) is 13.1 Å². The molecule has 1 aromatic rings. The van der Waals surface area contributed by atoms with Gasteiger partial charge in [-0.15, -0.1) is 0 Å². The number of hydrogen-bond acceptors (Lipinski definition) is 4. The summed E-state index contributed by atoms with van der Waals surface area (Å²) < 4.78 is 0. The van der Waals surface area contributed by atoms with Crippen LogP contribution in [0.4, 0.5) is 11.4 Å². The number of halogens is 1. The first-order valence-electron chi connectivity index (χ1n) is 5.51. The average Bonchev–Trinajstić information content (AvgIpc) is 2.26. The van der Waals surface area contributed by atoms with Gasteiger partial charge in [0, 0.05) is 18.2 Å². The van der Waals surface area contributed by atoms with E-state index in [1.165, 1.54) is 12.1 Å². The van der Waals surface area contributed by atoms with Crippen molar-refractivity contribution in [2.45, 2.75) is 6.42 Å². The number of benzene rings is 1. The normalized spacial score (nSPS) is 14.9. The van der Waals surface area contributed by atoms with Crippen LogP contribution in [0.15, 0.2) is 18.2 Å². The van der Waals surface area contributed by atoms with Crippen LogP contribution in [0.3, 0.4) is 0 Å². The summed E-state index contributed by atoms with van der Waals surface area (Å²) in [6.07, 6.45) is 0.420. The molecule has 1 aliphatic rings. The monoisotopic (exact) mass is 269 g/mol. The molecule has 1 aromatic carbocycles. The van der Waals surface area contributed by atoms with E-state index in [1.54, 1.807) is 6.07 Å². The largest absolute Gasteiger partial charge is 0.326 e. The zero-order valence-corrected chi connectivity index (χ0v) is 10.2. The van der Waals surface area contributed by atoms with Gasteiger partial charge in [0.25, 0.3) is 5.69 Å². The first-order valence-corrected chi connectivity index (χ1v) is 5.88. The Morgan fingerprint density at radius 2 is 2.28 bits per heavy atom. The topological polar surface area (TPSA) is 84.3 Å². The van der Waals surface area contributed by atoms with Crippen LogP contribution in [-0.2, 0) is 4.79 Å². The van der Waals surface area contributed by atoms with Crippen LogP contribution >= 0.6 is 11.6 Å². The molecular weight excluding hydrogens is 258 g/mol. The third kappa shape index (κ3) is 2.96. The molecule has 0 aliphatic carbocycles. The summed E-state index contributed by atoms with van der Waals surface area (Å²) in [5, 5.41) is 16.5. The van der Waals surface area contributed by atoms with E-state index in [9.17, 15) is 14.9 Å². The number of hydrogen-bond donors (Lipinski definition) is 2. The highest BCUT2D eigenvalue weighted by molar-refractivity contribution is 6.32. The molecule has 0 radical (unpaired) electrons. The fourth-order valence-corrected chi connectivity index (χ4v) is 1.88. The predicted octanol–water partition coefficient (Wildman–Crippen LogP) is 1.80. The van der Waals surface area contributed by atoms with Crippen LogP contribution in [0.1, 0.15) is 6.42 Å². The molecule has 0 spiro atoms. The maximum absolute atomic E-state index is 11.6. The molecule has 0 unspecified atom stereocenters. The van der Waals surface area contributed by atoms with Gasteiger partial charge in [-0.3, -0.25) is 14.9 Å². The van der Waals surface area contributed by atoms with Gasteiger partial charge in [-0.1, -0.05) is 11.6 Å². The SMILES string of the molecule is O=C(CC1CNC1)Nc1ccc(Cl)c([N+](=O)[O-])c1. The Bertz CT molecular complexity index is 488. The highest BCUT2D eigenvalue weighted by Crippen LogP contribution is 2.27. The second kappa shape index (κ2) is 5.32. The fraction of sp³-hybridized carbons (Fsp3) is 0.364. The van der Waals surface area contributed by atoms with Crippen LogP contribution in [-0.4, -0.2) is 23.9 Å². The van der Waals surface area contributed by atoms with Crippen molar-refractivity contribution in [3.63, 3.8) is 0 Å². The summed E-state index contributed by atoms with van der Waals surface area (Å²) >= 11 is 5.68. The number of nitrogens with one attached hydrogen (secondary N) is 2. The molecule has 0 saturated carbocycles. The summed E-state index contributed by atoms with van der Waals surface area (Å²) in [4.78, 5) is 21.8. The molecule has 0 atom stereocenters. The van der Waals surface area contributed by atoms with Gasteiger partial charge < -0.3 is 10.6 Å². The van der Waals surface area contributed by atoms with E-state index in [2.05, 4.69) is 10.6 Å². The Balaban J connectivity index is 2.02. The molecule has 96 valence electrons. The van der Waals surface area contributed by atoms with E-state index in [0.29, 0.717) is 18.0 Å². The zero-order chi connectivity index (χ0) is 13.1. The highest BCUT2D eigenvalue weighted by atomic mass is 35.5. The first-order chi connectivity index (χ1) is 8.56. The third-order valence-electron chi connectivity index (χ3n) is 2.77. The molecule has 2 N–H and O–H groups in total. The molecule has 2 rings (SSSR count). The smallest absolute Gasteiger partial charge is 0.289 e. The van der Waals surface area contributed by atoms with Gasteiger partial charge in [0.1, 0.15) is 5.02 Å². The summed E-state index contributed by atoms with van der Waals surface area (Å²) in [6.45, 7) is 1.68. The van der Waals surface area contributed by atoms with E-state index < -0.39 is 4.92 Å². The highest BCUT2D eigenvalue weighted by Gasteiger charge is 2.20. The minimum Gasteiger partial charge on any atom is -0.326 e. The van der Waals surface area contributed by atoms with Crippen molar-refractivity contribution in [2.24, 2.45) is 5.92 Å². The molecule has 6 nitrogen and oxygen atoms in total. The van der Waals surface area contributed by atoms with E-state index in [-0.39, 0.29) is 16.6 Å². The molecule has 0 aromatic heterocycles. The second-order valence-electron chi connectivity index (χ2n) is 4.20. The Hall–Kier alpha value is -1.66. The van der Waals surface area contributed by atoms with Gasteiger partial charge in [0.15, 0.2) is 0 Å². The van der Waals surface area contributed by atoms with Gasteiger partial charge in [-0.05, 0) is 31.1 Å². The lowest BCUT2D eigenvalue weighted by Gasteiger charge is -2.26. The van der Waals surface area contributed by atoms with E-state index >= 15 is 0 Å². The molecule has 18 heavy (non-hydrogen) atoms. The standard InChI is InChI=1S/C11H12ClN3O3/c12-9-2-1-8(4-10(9)15(17)18)14-11(16)3-7-5-13-6-7/h1-2,4,7,13H,3,5-6H2,(H,14,16). The van der Waals surface area contributed by atoms with Gasteiger partial charge in [-0.25, -0.2) is 0 Å². The Morgan fingerprint density at radius 3 is 2.83 bits per heavy atom. The number of anilines is 1. The van der Waals surface area contributed by atoms with Crippen LogP contribution in [0.2, 0.25) is 5.02 Å². The van der Waals surface area contributed by atoms with Crippen molar-refractivity contribution in [2.75, 3.05) is 18.4 Å². The van der Waals surface area contributed by atoms with Crippen molar-refractivity contribution in [1.82, 2.24) is 5.32 Å². The minimum atomic E-state index is -0.576. The van der Waals surface area contributed by atoms with Crippen molar-refractivity contribution >= 4 is 28.9 Å². The Kier molecular flexibility index (Phi) is 3.78. The van der Waals surface area contributed by atoms with E-state index in [4.69, 9.17) is 11.6 Å². The first kappa shape index (κ1) is 12.8. The summed E-state index contributed by atoms with van der Waals surface area (Å²) in [6, 6.07) is 4.21. The van der Waals surface area contributed by atoms with Gasteiger partial charge in [0.05, 0.1) is 4.92 Å². The molecule has 1 fully saturated rings. The zero-order valence-electron chi connectivity index (χ0n) is 9.48. The van der Waals surface area contributed by atoms with Crippen molar-refractivity contribution < 1.29 is 9.72 Å². The van der Waals surface area contributed by atoms with Crippen LogP contribution in [0.25, 0.3) is 0 Å². The van der Waals surface area contributed by atoms with Gasteiger partial charge >= 0.3 is 0 Å². The molecule has 7 heteroatoms. The van der Waals surface area contributed by atoms with Gasteiger partial charge in [0.2, 0.25) is 5.91 Å². The molecule has 1 saturated heterocycles. The Morgan fingerprint density at radius 1 is 1.56 bits per heavy atom. The van der Waals surface area contributed by atoms with Crippen molar-refractivity contribution in [1.29, 1.82) is 0 Å². The fourth-order valence-electron chi connectivity index (χ4n) is 1.70. The number of carbonyl (C=O) groups is 1. The van der Waals surface area contributed by atoms with Crippen LogP contribution in [0, 0.1) is 16.0 Å². The number of amides is 1. The number of nitro benzene ring substituents is 1. The predicted molar refractivity (Wildman–Crippen MR) is 67.7 cm³/mol. The molecule has 1 heterocycles. The average molecular weight is 270 g/mol. The number of nitrogens with zero attached hydrogens (tertiary/aromatic N) is 1. The number of rotatable bonds is 4. The van der Waals surface area contributed by atoms with E-state index in [1.807, 2.05) is 0 Å². The lowest BCUT2D eigenvalue weighted by atomic mass is 9.99. The van der Waals surface area contributed by atoms with Crippen LogP contribution in [0.5, 0.6) is 0 Å². The maximum Gasteiger partial charge on any atom is 0.289 e. The molecule has 1 amide bonds. The lowest BCUT2D eigenvalue weighted by Crippen LogP contribution is -2.43. The number of nitro groups is 1. The lowest BCUT2D eigenvalue weighted by molar-refractivity contribution is -0.384. The molecular formula is C11H12ClN3O3. The van der Waals surface area contributed by atoms with Crippen molar-refractivity contribution in [3.05, 3.63) is 33.3 Å². The summed E-state index contributed by atoms with van der Waals surface area (Å²) in [5.74, 6) is 0.213. The van der Waals surface area contributed by atoms with Gasteiger partial charge in [-0.2, -0.15) is 0 Å². The van der Waals surface area contributed by atoms with Crippen LogP contribution < -0.4 is 10.6 Å². The quantitative estimate of drug-likeness (QED) is 0.645. The minimum absolute atomic E-state index is 0.0567. The third-order valence-corrected chi connectivity index (χ3v) is 3.09. The summed E-state index contributed by atoms with van der Waals surface area (Å²) in [5.41, 5.74) is 0.183. The molecule has 0 bridgehead atoms. The van der Waals surface area contributed by atoms with Crippen molar-refractivity contribution in [3.8, 4) is 0 Å². The maximum atomic E-state index is 11.6. The Labute approximate surface area is 108 Å².